The van der Waals surface area contributed by atoms with E-state index in [0.717, 1.165) is 45.2 Å². The molecule has 112 valence electrons. The lowest BCUT2D eigenvalue weighted by molar-refractivity contribution is 0.187. The average Bonchev–Trinajstić information content (AvgIpc) is 2.52. The quantitative estimate of drug-likeness (QED) is 0.763. The molecule has 0 radical (unpaired) electrons. The van der Waals surface area contributed by atoms with E-state index in [1.165, 1.54) is 12.8 Å². The molecule has 1 aliphatic rings. The molecule has 0 saturated carbocycles. The van der Waals surface area contributed by atoms with Gasteiger partial charge in [-0.25, -0.2) is 9.97 Å². The first-order chi connectivity index (χ1) is 9.81. The third kappa shape index (κ3) is 4.42. The summed E-state index contributed by atoms with van der Waals surface area (Å²) in [7, 11) is 0. The Kier molecular flexibility index (Phi) is 6.21. The standard InChI is InChI=1S/C15H27N5/c1-3-6-16-9-5-14(2)19-10-12-20(13-11-19)15-17-7-4-8-18-15/h4,7-8,14,16H,3,5-6,9-13H2,1-2H3. The summed E-state index contributed by atoms with van der Waals surface area (Å²) in [6.45, 7) is 11.1. The molecular weight excluding hydrogens is 250 g/mol. The summed E-state index contributed by atoms with van der Waals surface area (Å²) in [5, 5.41) is 3.48. The Morgan fingerprint density at radius 2 is 1.85 bits per heavy atom. The van der Waals surface area contributed by atoms with Gasteiger partial charge in [0.2, 0.25) is 5.95 Å². The number of piperazine rings is 1. The van der Waals surface area contributed by atoms with Gasteiger partial charge in [-0.05, 0) is 38.9 Å². The summed E-state index contributed by atoms with van der Waals surface area (Å²) in [6.07, 6.45) is 6.07. The summed E-state index contributed by atoms with van der Waals surface area (Å²) >= 11 is 0. The molecule has 0 aliphatic carbocycles. The van der Waals surface area contributed by atoms with E-state index >= 15 is 0 Å². The monoisotopic (exact) mass is 277 g/mol. The molecular formula is C15H27N5. The van der Waals surface area contributed by atoms with Crippen molar-refractivity contribution in [3.63, 3.8) is 0 Å². The maximum absolute atomic E-state index is 4.33. The zero-order valence-electron chi connectivity index (χ0n) is 12.8. The molecule has 1 N–H and O–H groups in total. The highest BCUT2D eigenvalue weighted by Gasteiger charge is 2.21. The number of nitrogens with one attached hydrogen (secondary N) is 1. The van der Waals surface area contributed by atoms with Gasteiger partial charge in [-0.1, -0.05) is 6.92 Å². The van der Waals surface area contributed by atoms with Gasteiger partial charge in [0, 0.05) is 44.6 Å². The molecule has 0 aromatic carbocycles. The van der Waals surface area contributed by atoms with E-state index < -0.39 is 0 Å². The second-order valence-corrected chi connectivity index (χ2v) is 5.46. The molecule has 0 spiro atoms. The van der Waals surface area contributed by atoms with Crippen molar-refractivity contribution < 1.29 is 0 Å². The molecule has 20 heavy (non-hydrogen) atoms. The van der Waals surface area contributed by atoms with Crippen molar-refractivity contribution in [3.8, 4) is 0 Å². The summed E-state index contributed by atoms with van der Waals surface area (Å²) in [4.78, 5) is 13.5. The van der Waals surface area contributed by atoms with Gasteiger partial charge in [0.25, 0.3) is 0 Å². The second-order valence-electron chi connectivity index (χ2n) is 5.46. The topological polar surface area (TPSA) is 44.3 Å². The summed E-state index contributed by atoms with van der Waals surface area (Å²) in [6, 6.07) is 2.52. The fourth-order valence-corrected chi connectivity index (χ4v) is 2.61. The molecule has 1 aliphatic heterocycles. The van der Waals surface area contributed by atoms with E-state index in [1.54, 1.807) is 0 Å². The van der Waals surface area contributed by atoms with Crippen molar-refractivity contribution in [2.24, 2.45) is 0 Å². The van der Waals surface area contributed by atoms with Crippen molar-refractivity contribution in [2.75, 3.05) is 44.2 Å². The molecule has 5 heteroatoms. The predicted molar refractivity (Wildman–Crippen MR) is 83.1 cm³/mol. The first kappa shape index (κ1) is 15.2. The highest BCUT2D eigenvalue weighted by Crippen LogP contribution is 2.12. The minimum absolute atomic E-state index is 0.651. The van der Waals surface area contributed by atoms with Crippen LogP contribution in [0.3, 0.4) is 0 Å². The van der Waals surface area contributed by atoms with Gasteiger partial charge in [-0.3, -0.25) is 4.90 Å². The maximum Gasteiger partial charge on any atom is 0.225 e. The lowest BCUT2D eigenvalue weighted by atomic mass is 10.1. The first-order valence-corrected chi connectivity index (χ1v) is 7.78. The van der Waals surface area contributed by atoms with Crippen LogP contribution in [-0.4, -0.2) is 60.2 Å². The molecule has 2 heterocycles. The van der Waals surface area contributed by atoms with E-state index in [9.17, 15) is 0 Å². The molecule has 1 aromatic rings. The van der Waals surface area contributed by atoms with Gasteiger partial charge in [-0.15, -0.1) is 0 Å². The van der Waals surface area contributed by atoms with Crippen LogP contribution in [0.1, 0.15) is 26.7 Å². The highest BCUT2D eigenvalue weighted by atomic mass is 15.3. The van der Waals surface area contributed by atoms with Crippen LogP contribution in [0.15, 0.2) is 18.5 Å². The Hall–Kier alpha value is -1.20. The van der Waals surface area contributed by atoms with Crippen LogP contribution in [0.2, 0.25) is 0 Å². The Morgan fingerprint density at radius 1 is 1.15 bits per heavy atom. The molecule has 2 rings (SSSR count). The number of rotatable bonds is 7. The fraction of sp³-hybridized carbons (Fsp3) is 0.733. The Morgan fingerprint density at radius 3 is 2.50 bits per heavy atom. The minimum atomic E-state index is 0.651. The summed E-state index contributed by atoms with van der Waals surface area (Å²) < 4.78 is 0. The zero-order chi connectivity index (χ0) is 14.2. The van der Waals surface area contributed by atoms with Crippen LogP contribution in [0.5, 0.6) is 0 Å². The van der Waals surface area contributed by atoms with Crippen molar-refractivity contribution >= 4 is 5.95 Å². The van der Waals surface area contributed by atoms with Crippen molar-refractivity contribution in [1.29, 1.82) is 0 Å². The van der Waals surface area contributed by atoms with Crippen LogP contribution in [0, 0.1) is 0 Å². The molecule has 1 fully saturated rings. The first-order valence-electron chi connectivity index (χ1n) is 7.78. The normalized spacial score (nSPS) is 18.2. The summed E-state index contributed by atoms with van der Waals surface area (Å²) in [5.41, 5.74) is 0. The van der Waals surface area contributed by atoms with Crippen molar-refractivity contribution in [2.45, 2.75) is 32.7 Å². The van der Waals surface area contributed by atoms with Crippen LogP contribution >= 0.6 is 0 Å². The van der Waals surface area contributed by atoms with Gasteiger partial charge in [-0.2, -0.15) is 0 Å². The van der Waals surface area contributed by atoms with Gasteiger partial charge < -0.3 is 10.2 Å². The lowest BCUT2D eigenvalue weighted by Gasteiger charge is -2.38. The number of hydrogen-bond acceptors (Lipinski definition) is 5. The average molecular weight is 277 g/mol. The number of anilines is 1. The van der Waals surface area contributed by atoms with Crippen LogP contribution in [-0.2, 0) is 0 Å². The second kappa shape index (κ2) is 8.17. The molecule has 5 nitrogen and oxygen atoms in total. The molecule has 1 unspecified atom stereocenters. The third-order valence-corrected chi connectivity index (χ3v) is 3.94. The molecule has 1 atom stereocenters. The van der Waals surface area contributed by atoms with E-state index in [4.69, 9.17) is 0 Å². The van der Waals surface area contributed by atoms with Crippen molar-refractivity contribution in [1.82, 2.24) is 20.2 Å². The Balaban J connectivity index is 1.71. The highest BCUT2D eigenvalue weighted by molar-refractivity contribution is 5.29. The predicted octanol–water partition coefficient (Wildman–Crippen LogP) is 1.38. The molecule has 0 amide bonds. The van der Waals surface area contributed by atoms with Gasteiger partial charge in [0.05, 0.1) is 0 Å². The van der Waals surface area contributed by atoms with Crippen LogP contribution < -0.4 is 10.2 Å². The number of nitrogens with zero attached hydrogens (tertiary/aromatic N) is 4. The van der Waals surface area contributed by atoms with E-state index in [1.807, 2.05) is 18.5 Å². The van der Waals surface area contributed by atoms with E-state index in [-0.39, 0.29) is 0 Å². The lowest BCUT2D eigenvalue weighted by Crippen LogP contribution is -2.50. The number of hydrogen-bond donors (Lipinski definition) is 1. The molecule has 1 saturated heterocycles. The SMILES string of the molecule is CCCNCCC(C)N1CCN(c2ncccn2)CC1. The third-order valence-electron chi connectivity index (χ3n) is 3.94. The van der Waals surface area contributed by atoms with E-state index in [2.05, 4.69) is 38.9 Å². The van der Waals surface area contributed by atoms with E-state index in [0.29, 0.717) is 6.04 Å². The van der Waals surface area contributed by atoms with Crippen LogP contribution in [0.25, 0.3) is 0 Å². The fourth-order valence-electron chi connectivity index (χ4n) is 2.61. The smallest absolute Gasteiger partial charge is 0.225 e. The Labute approximate surface area is 122 Å². The largest absolute Gasteiger partial charge is 0.338 e. The van der Waals surface area contributed by atoms with Gasteiger partial charge >= 0.3 is 0 Å². The minimum Gasteiger partial charge on any atom is -0.338 e. The molecule has 0 bridgehead atoms. The van der Waals surface area contributed by atoms with Crippen LogP contribution in [0.4, 0.5) is 5.95 Å². The molecule has 1 aromatic heterocycles. The van der Waals surface area contributed by atoms with Crippen molar-refractivity contribution in [3.05, 3.63) is 18.5 Å². The maximum atomic E-state index is 4.33. The van der Waals surface area contributed by atoms with Gasteiger partial charge in [0.15, 0.2) is 0 Å². The summed E-state index contributed by atoms with van der Waals surface area (Å²) in [5.74, 6) is 0.865. The van der Waals surface area contributed by atoms with Gasteiger partial charge in [0.1, 0.15) is 0 Å². The Bertz CT molecular complexity index is 362. The zero-order valence-corrected chi connectivity index (χ0v) is 12.8. The number of aromatic nitrogens is 2.